The second kappa shape index (κ2) is 7.75. The van der Waals surface area contributed by atoms with Crippen LogP contribution in [-0.2, 0) is 12.5 Å². The monoisotopic (exact) mass is 448 g/mol. The Morgan fingerprint density at radius 2 is 2.00 bits per heavy atom. The lowest BCUT2D eigenvalue weighted by Gasteiger charge is -2.33. The van der Waals surface area contributed by atoms with Crippen LogP contribution in [0.5, 0.6) is 0 Å². The van der Waals surface area contributed by atoms with E-state index >= 15 is 0 Å². The molecule has 0 aromatic carbocycles. The first kappa shape index (κ1) is 21.7. The Morgan fingerprint density at radius 3 is 2.67 bits per heavy atom. The minimum atomic E-state index is -0.181. The Bertz CT molecular complexity index is 1170. The third-order valence-electron chi connectivity index (χ3n) is 7.55. The van der Waals surface area contributed by atoms with Gasteiger partial charge < -0.3 is 19.2 Å². The predicted molar refractivity (Wildman–Crippen MR) is 126 cm³/mol. The molecule has 1 saturated heterocycles. The molecule has 1 unspecified atom stereocenters. The summed E-state index contributed by atoms with van der Waals surface area (Å²) in [6.45, 7) is 8.69. The number of likely N-dealkylation sites (tertiary alicyclic amines) is 1. The predicted octanol–water partition coefficient (Wildman–Crippen LogP) is 4.14. The number of pyridine rings is 1. The molecule has 1 aliphatic heterocycles. The molecule has 5 rings (SSSR count). The van der Waals surface area contributed by atoms with E-state index in [1.807, 2.05) is 28.6 Å². The molecule has 1 spiro atoms. The molecule has 1 saturated carbocycles. The van der Waals surface area contributed by atoms with Crippen molar-refractivity contribution in [2.45, 2.75) is 45.4 Å². The van der Waals surface area contributed by atoms with Crippen LogP contribution in [0.4, 0.5) is 0 Å². The molecule has 2 fully saturated rings. The van der Waals surface area contributed by atoms with Crippen LogP contribution in [0.2, 0.25) is 0 Å². The fraction of sp³-hybridized carbons (Fsp3) is 0.500. The van der Waals surface area contributed by atoms with Crippen molar-refractivity contribution in [2.24, 2.45) is 18.4 Å². The molecule has 1 aliphatic carbocycles. The Balaban J connectivity index is 1.14. The number of amides is 2. The molecular formula is C26H32N4O3. The lowest BCUT2D eigenvalue weighted by molar-refractivity contribution is 0.0659. The second-order valence-corrected chi connectivity index (χ2v) is 10.8. The lowest BCUT2D eigenvalue weighted by atomic mass is 9.89. The van der Waals surface area contributed by atoms with Crippen molar-refractivity contribution in [3.8, 4) is 0 Å². The highest BCUT2D eigenvalue weighted by molar-refractivity contribution is 5.96. The number of aromatic nitrogens is 2. The van der Waals surface area contributed by atoms with Crippen molar-refractivity contribution < 1.29 is 14.0 Å². The minimum absolute atomic E-state index is 0.0210. The molecule has 0 bridgehead atoms. The SMILES string of the molecule is Cn1cc(C(C)(C)C)cc1C(=O)N1CCC2(CC1)CC2CNC(=O)c1cc2ccncc2o1. The molecule has 174 valence electrons. The third-order valence-corrected chi connectivity index (χ3v) is 7.55. The van der Waals surface area contributed by atoms with Gasteiger partial charge in [0.15, 0.2) is 11.3 Å². The molecule has 4 heterocycles. The van der Waals surface area contributed by atoms with Crippen molar-refractivity contribution in [2.75, 3.05) is 19.6 Å². The summed E-state index contributed by atoms with van der Waals surface area (Å²) in [5.74, 6) is 0.726. The summed E-state index contributed by atoms with van der Waals surface area (Å²) in [5.41, 5.74) is 2.84. The fourth-order valence-corrected chi connectivity index (χ4v) is 5.14. The Labute approximate surface area is 194 Å². The summed E-state index contributed by atoms with van der Waals surface area (Å²) >= 11 is 0. The molecule has 7 nitrogen and oxygen atoms in total. The lowest BCUT2D eigenvalue weighted by Crippen LogP contribution is -2.40. The van der Waals surface area contributed by atoms with Gasteiger partial charge in [-0.2, -0.15) is 0 Å². The molecule has 3 aromatic heterocycles. The van der Waals surface area contributed by atoms with E-state index in [0.29, 0.717) is 23.8 Å². The summed E-state index contributed by atoms with van der Waals surface area (Å²) in [6, 6.07) is 5.63. The van der Waals surface area contributed by atoms with Crippen molar-refractivity contribution in [3.63, 3.8) is 0 Å². The van der Waals surface area contributed by atoms with E-state index in [1.165, 1.54) is 5.56 Å². The van der Waals surface area contributed by atoms with Crippen LogP contribution in [0.15, 0.2) is 41.2 Å². The summed E-state index contributed by atoms with van der Waals surface area (Å²) in [5, 5.41) is 3.92. The van der Waals surface area contributed by atoms with E-state index < -0.39 is 0 Å². The molecule has 3 aromatic rings. The normalized spacial score (nSPS) is 19.8. The van der Waals surface area contributed by atoms with Crippen LogP contribution in [0.25, 0.3) is 11.0 Å². The maximum atomic E-state index is 13.2. The zero-order chi connectivity index (χ0) is 23.4. The first-order valence-electron chi connectivity index (χ1n) is 11.7. The maximum Gasteiger partial charge on any atom is 0.287 e. The number of aryl methyl sites for hydroxylation is 1. The largest absolute Gasteiger partial charge is 0.449 e. The standard InChI is InChI=1S/C26H32N4O3/c1-25(2,3)18-12-20(29(4)16-18)24(32)30-9-6-26(7-10-30)13-19(26)14-28-23(31)21-11-17-5-8-27-15-22(17)33-21/h5,8,11-12,15-16,19H,6-7,9-10,13-14H2,1-4H3,(H,28,31). The van der Waals surface area contributed by atoms with E-state index in [-0.39, 0.29) is 22.6 Å². The quantitative estimate of drug-likeness (QED) is 0.651. The van der Waals surface area contributed by atoms with E-state index in [1.54, 1.807) is 18.5 Å². The van der Waals surface area contributed by atoms with Crippen molar-refractivity contribution in [3.05, 3.63) is 53.8 Å². The van der Waals surface area contributed by atoms with E-state index in [4.69, 9.17) is 4.42 Å². The molecule has 1 N–H and O–H groups in total. The summed E-state index contributed by atoms with van der Waals surface area (Å²) < 4.78 is 7.57. The molecule has 2 amide bonds. The van der Waals surface area contributed by atoms with Crippen LogP contribution < -0.4 is 5.32 Å². The summed E-state index contributed by atoms with van der Waals surface area (Å²) in [7, 11) is 1.95. The van der Waals surface area contributed by atoms with Crippen molar-refractivity contribution in [1.29, 1.82) is 0 Å². The number of hydrogen-bond donors (Lipinski definition) is 1. The zero-order valence-corrected chi connectivity index (χ0v) is 19.9. The average molecular weight is 449 g/mol. The van der Waals surface area contributed by atoms with Gasteiger partial charge in [0.25, 0.3) is 11.8 Å². The number of piperidine rings is 1. The second-order valence-electron chi connectivity index (χ2n) is 10.8. The van der Waals surface area contributed by atoms with Gasteiger partial charge in [-0.15, -0.1) is 0 Å². The number of fused-ring (bicyclic) bond motifs is 1. The maximum absolute atomic E-state index is 13.2. The van der Waals surface area contributed by atoms with Crippen LogP contribution in [0, 0.1) is 11.3 Å². The number of nitrogens with one attached hydrogen (secondary N) is 1. The van der Waals surface area contributed by atoms with Gasteiger partial charge in [0.05, 0.1) is 6.20 Å². The Kier molecular flexibility index (Phi) is 5.10. The first-order chi connectivity index (χ1) is 15.7. The van der Waals surface area contributed by atoms with Gasteiger partial charge >= 0.3 is 0 Å². The molecule has 33 heavy (non-hydrogen) atoms. The number of rotatable bonds is 4. The van der Waals surface area contributed by atoms with Crippen LogP contribution in [-0.4, -0.2) is 45.9 Å². The van der Waals surface area contributed by atoms with E-state index in [0.717, 1.165) is 43.4 Å². The Morgan fingerprint density at radius 1 is 1.24 bits per heavy atom. The third kappa shape index (κ3) is 4.05. The zero-order valence-electron chi connectivity index (χ0n) is 19.9. The van der Waals surface area contributed by atoms with Crippen LogP contribution in [0.1, 0.15) is 66.6 Å². The topological polar surface area (TPSA) is 80.4 Å². The summed E-state index contributed by atoms with van der Waals surface area (Å²) in [4.78, 5) is 31.7. The van der Waals surface area contributed by atoms with Gasteiger partial charge in [-0.3, -0.25) is 14.6 Å². The van der Waals surface area contributed by atoms with Crippen molar-refractivity contribution in [1.82, 2.24) is 19.8 Å². The van der Waals surface area contributed by atoms with Gasteiger partial charge in [-0.1, -0.05) is 20.8 Å². The molecule has 0 radical (unpaired) electrons. The number of furan rings is 1. The van der Waals surface area contributed by atoms with Crippen LogP contribution >= 0.6 is 0 Å². The van der Waals surface area contributed by atoms with Gasteiger partial charge in [0.2, 0.25) is 0 Å². The van der Waals surface area contributed by atoms with E-state index in [2.05, 4.69) is 37.3 Å². The Hall–Kier alpha value is -3.09. The van der Waals surface area contributed by atoms with Gasteiger partial charge in [0, 0.05) is 44.5 Å². The van der Waals surface area contributed by atoms with Gasteiger partial charge in [-0.25, -0.2) is 0 Å². The number of carbonyl (C=O) groups excluding carboxylic acids is 2. The molecule has 1 atom stereocenters. The minimum Gasteiger partial charge on any atom is -0.449 e. The number of carbonyl (C=O) groups is 2. The number of nitrogens with zero attached hydrogens (tertiary/aromatic N) is 3. The highest BCUT2D eigenvalue weighted by Crippen LogP contribution is 2.59. The molecule has 2 aliphatic rings. The van der Waals surface area contributed by atoms with E-state index in [9.17, 15) is 9.59 Å². The van der Waals surface area contributed by atoms with Crippen molar-refractivity contribution >= 4 is 22.8 Å². The molecule has 7 heteroatoms. The first-order valence-corrected chi connectivity index (χ1v) is 11.7. The summed E-state index contributed by atoms with van der Waals surface area (Å²) in [6.07, 6.45) is 8.47. The number of hydrogen-bond acceptors (Lipinski definition) is 4. The molecular weight excluding hydrogens is 416 g/mol. The highest BCUT2D eigenvalue weighted by atomic mass is 16.3. The smallest absolute Gasteiger partial charge is 0.287 e. The van der Waals surface area contributed by atoms with Gasteiger partial charge in [-0.05, 0) is 59.8 Å². The van der Waals surface area contributed by atoms with Crippen LogP contribution in [0.3, 0.4) is 0 Å². The highest BCUT2D eigenvalue weighted by Gasteiger charge is 2.55. The van der Waals surface area contributed by atoms with Gasteiger partial charge in [0.1, 0.15) is 5.69 Å². The fourth-order valence-electron chi connectivity index (χ4n) is 5.14. The average Bonchev–Trinajstić information content (AvgIpc) is 3.12.